The number of benzene rings is 1. The zero-order valence-electron chi connectivity index (χ0n) is 9.89. The zero-order valence-corrected chi connectivity index (χ0v) is 10.6. The predicted molar refractivity (Wildman–Crippen MR) is 64.5 cm³/mol. The van der Waals surface area contributed by atoms with Crippen LogP contribution in [0.2, 0.25) is 5.02 Å². The maximum absolute atomic E-state index is 13.6. The number of hydrogen-bond acceptors (Lipinski definition) is 2. The molecule has 5 heteroatoms. The van der Waals surface area contributed by atoms with Crippen LogP contribution in [0.15, 0.2) is 18.2 Å². The van der Waals surface area contributed by atoms with Gasteiger partial charge in [-0.25, -0.2) is 4.79 Å². The molecule has 0 N–H and O–H groups in total. The molecule has 0 atom stereocenters. The summed E-state index contributed by atoms with van der Waals surface area (Å²) in [5.41, 5.74) is 0.216. The summed E-state index contributed by atoms with van der Waals surface area (Å²) in [6.07, 6.45) is 0. The van der Waals surface area contributed by atoms with E-state index in [9.17, 15) is 13.6 Å². The Hall–Kier alpha value is -1.60. The standard InChI is InChI=1S/C13H11ClF2O2/c1-3-18-12(17)6-7-13(15,16)10-4-5-11(14)9(2)8-10/h4-5,8H,3H2,1-2H3. The van der Waals surface area contributed by atoms with Crippen molar-refractivity contribution in [1.29, 1.82) is 0 Å². The molecule has 0 fully saturated rings. The number of aryl methyl sites for hydroxylation is 1. The molecule has 1 rings (SSSR count). The van der Waals surface area contributed by atoms with E-state index < -0.39 is 11.9 Å². The van der Waals surface area contributed by atoms with Crippen molar-refractivity contribution in [2.75, 3.05) is 6.61 Å². The van der Waals surface area contributed by atoms with Crippen molar-refractivity contribution in [2.45, 2.75) is 19.8 Å². The third kappa shape index (κ3) is 3.71. The molecule has 0 aliphatic heterocycles. The Labute approximate surface area is 109 Å². The Balaban J connectivity index is 2.98. The van der Waals surface area contributed by atoms with Gasteiger partial charge in [-0.15, -0.1) is 0 Å². The highest BCUT2D eigenvalue weighted by atomic mass is 35.5. The summed E-state index contributed by atoms with van der Waals surface area (Å²) in [5, 5.41) is 0.396. The second-order valence-electron chi connectivity index (χ2n) is 3.51. The molecule has 0 aromatic heterocycles. The fourth-order valence-electron chi connectivity index (χ4n) is 1.21. The summed E-state index contributed by atoms with van der Waals surface area (Å²) >= 11 is 5.74. The Kier molecular flexibility index (Phi) is 4.69. The van der Waals surface area contributed by atoms with E-state index in [1.54, 1.807) is 25.7 Å². The second-order valence-corrected chi connectivity index (χ2v) is 3.92. The Morgan fingerprint density at radius 2 is 2.17 bits per heavy atom. The van der Waals surface area contributed by atoms with Crippen LogP contribution in [0, 0.1) is 18.8 Å². The van der Waals surface area contributed by atoms with Crippen molar-refractivity contribution in [3.8, 4) is 11.8 Å². The van der Waals surface area contributed by atoms with E-state index in [1.165, 1.54) is 18.2 Å². The first-order chi connectivity index (χ1) is 8.36. The Bertz CT molecular complexity index is 515. The molecule has 0 radical (unpaired) electrons. The number of carbonyl (C=O) groups is 1. The lowest BCUT2D eigenvalue weighted by Crippen LogP contribution is -2.12. The van der Waals surface area contributed by atoms with E-state index in [2.05, 4.69) is 4.74 Å². The van der Waals surface area contributed by atoms with Crippen molar-refractivity contribution in [2.24, 2.45) is 0 Å². The van der Waals surface area contributed by atoms with Crippen LogP contribution in [-0.2, 0) is 15.5 Å². The van der Waals surface area contributed by atoms with Crippen LogP contribution in [0.4, 0.5) is 8.78 Å². The first kappa shape index (κ1) is 14.5. The van der Waals surface area contributed by atoms with Crippen molar-refractivity contribution in [3.05, 3.63) is 34.3 Å². The summed E-state index contributed by atoms with van der Waals surface area (Å²) in [7, 11) is 0. The van der Waals surface area contributed by atoms with E-state index in [0.717, 1.165) is 0 Å². The summed E-state index contributed by atoms with van der Waals surface area (Å²) in [4.78, 5) is 10.9. The van der Waals surface area contributed by atoms with Gasteiger partial charge >= 0.3 is 11.9 Å². The summed E-state index contributed by atoms with van der Waals surface area (Å²) in [6, 6.07) is 3.78. The molecule has 2 nitrogen and oxygen atoms in total. The molecule has 0 spiro atoms. The summed E-state index contributed by atoms with van der Waals surface area (Å²) < 4.78 is 31.7. The second kappa shape index (κ2) is 5.83. The third-order valence-corrected chi connectivity index (χ3v) is 2.54. The summed E-state index contributed by atoms with van der Waals surface area (Å²) in [5.74, 6) is -1.02. The minimum atomic E-state index is -3.41. The minimum Gasteiger partial charge on any atom is -0.456 e. The third-order valence-electron chi connectivity index (χ3n) is 2.12. The lowest BCUT2D eigenvalue weighted by molar-refractivity contribution is -0.136. The van der Waals surface area contributed by atoms with Gasteiger partial charge in [0, 0.05) is 16.5 Å². The molecule has 1 aromatic rings. The quantitative estimate of drug-likeness (QED) is 0.469. The van der Waals surface area contributed by atoms with Gasteiger partial charge in [0.05, 0.1) is 6.61 Å². The van der Waals surface area contributed by atoms with Crippen molar-refractivity contribution in [1.82, 2.24) is 0 Å². The fraction of sp³-hybridized carbons (Fsp3) is 0.308. The lowest BCUT2D eigenvalue weighted by Gasteiger charge is -2.10. The molecule has 0 aliphatic rings. The van der Waals surface area contributed by atoms with Crippen LogP contribution in [0.25, 0.3) is 0 Å². The van der Waals surface area contributed by atoms with E-state index in [0.29, 0.717) is 10.6 Å². The summed E-state index contributed by atoms with van der Waals surface area (Å²) in [6.45, 7) is 3.28. The van der Waals surface area contributed by atoms with Crippen molar-refractivity contribution >= 4 is 17.6 Å². The van der Waals surface area contributed by atoms with Gasteiger partial charge in [0.2, 0.25) is 0 Å². The molecule has 96 valence electrons. The van der Waals surface area contributed by atoms with Gasteiger partial charge < -0.3 is 4.74 Å². The largest absolute Gasteiger partial charge is 0.456 e. The maximum Gasteiger partial charge on any atom is 0.384 e. The van der Waals surface area contributed by atoms with Gasteiger partial charge in [-0.3, -0.25) is 0 Å². The van der Waals surface area contributed by atoms with Crippen LogP contribution in [-0.4, -0.2) is 12.6 Å². The molecule has 0 unspecified atom stereocenters. The van der Waals surface area contributed by atoms with Gasteiger partial charge in [-0.05, 0) is 37.5 Å². The molecule has 18 heavy (non-hydrogen) atoms. The highest BCUT2D eigenvalue weighted by Crippen LogP contribution is 2.29. The molecular weight excluding hydrogens is 262 g/mol. The van der Waals surface area contributed by atoms with Gasteiger partial charge in [0.1, 0.15) is 0 Å². The number of esters is 1. The van der Waals surface area contributed by atoms with E-state index in [4.69, 9.17) is 11.6 Å². The lowest BCUT2D eigenvalue weighted by atomic mass is 10.1. The fourth-order valence-corrected chi connectivity index (χ4v) is 1.33. The first-order valence-corrected chi connectivity index (χ1v) is 5.59. The average Bonchev–Trinajstić information content (AvgIpc) is 2.30. The van der Waals surface area contributed by atoms with Gasteiger partial charge in [0.15, 0.2) is 0 Å². The smallest absolute Gasteiger partial charge is 0.384 e. The molecular formula is C13H11ClF2O2. The van der Waals surface area contributed by atoms with E-state index in [1.807, 2.05) is 0 Å². The van der Waals surface area contributed by atoms with Crippen molar-refractivity contribution in [3.63, 3.8) is 0 Å². The SMILES string of the molecule is CCOC(=O)C#CC(F)(F)c1ccc(Cl)c(C)c1. The Morgan fingerprint density at radius 3 is 2.72 bits per heavy atom. The topological polar surface area (TPSA) is 26.3 Å². The van der Waals surface area contributed by atoms with Crippen LogP contribution in [0.3, 0.4) is 0 Å². The Morgan fingerprint density at radius 1 is 1.50 bits per heavy atom. The highest BCUT2D eigenvalue weighted by Gasteiger charge is 2.29. The number of ether oxygens (including phenoxy) is 1. The maximum atomic E-state index is 13.6. The molecule has 0 amide bonds. The molecule has 0 saturated heterocycles. The number of alkyl halides is 2. The van der Waals surface area contributed by atoms with Crippen LogP contribution in [0.5, 0.6) is 0 Å². The highest BCUT2D eigenvalue weighted by molar-refractivity contribution is 6.31. The normalized spacial score (nSPS) is 10.5. The molecule has 0 heterocycles. The molecule has 0 bridgehead atoms. The number of rotatable bonds is 2. The van der Waals surface area contributed by atoms with E-state index in [-0.39, 0.29) is 12.2 Å². The van der Waals surface area contributed by atoms with Crippen LogP contribution >= 0.6 is 11.6 Å². The average molecular weight is 273 g/mol. The van der Waals surface area contributed by atoms with Gasteiger partial charge in [-0.2, -0.15) is 8.78 Å². The molecule has 1 aromatic carbocycles. The van der Waals surface area contributed by atoms with Gasteiger partial charge in [-0.1, -0.05) is 17.7 Å². The van der Waals surface area contributed by atoms with E-state index >= 15 is 0 Å². The number of hydrogen-bond donors (Lipinski definition) is 0. The molecule has 0 aliphatic carbocycles. The van der Waals surface area contributed by atoms with Crippen LogP contribution < -0.4 is 0 Å². The number of carbonyl (C=O) groups excluding carboxylic acids is 1. The minimum absolute atomic E-state index is 0.0964. The predicted octanol–water partition coefficient (Wildman–Crippen LogP) is 3.31. The molecule has 0 saturated carbocycles. The monoisotopic (exact) mass is 272 g/mol. The first-order valence-electron chi connectivity index (χ1n) is 5.21. The van der Waals surface area contributed by atoms with Crippen LogP contribution in [0.1, 0.15) is 18.1 Å². The number of halogens is 3. The van der Waals surface area contributed by atoms with Gasteiger partial charge in [0.25, 0.3) is 0 Å². The van der Waals surface area contributed by atoms with Crippen molar-refractivity contribution < 1.29 is 18.3 Å². The zero-order chi connectivity index (χ0) is 13.8.